The molecule has 1 aliphatic rings. The van der Waals surface area contributed by atoms with Crippen molar-refractivity contribution in [1.82, 2.24) is 29.4 Å². The first kappa shape index (κ1) is 22.1. The lowest BCUT2D eigenvalue weighted by Crippen LogP contribution is -2.50. The van der Waals surface area contributed by atoms with Crippen molar-refractivity contribution in [2.75, 3.05) is 31.1 Å². The van der Waals surface area contributed by atoms with Gasteiger partial charge in [0.05, 0.1) is 41.0 Å². The molecular weight excluding hydrogens is 507 g/mol. The summed E-state index contributed by atoms with van der Waals surface area (Å²) < 4.78 is 63.5. The summed E-state index contributed by atoms with van der Waals surface area (Å²) >= 11 is 6.43. The molecule has 0 bridgehead atoms. The van der Waals surface area contributed by atoms with Gasteiger partial charge in [0, 0.05) is 41.7 Å². The maximum Gasteiger partial charge on any atom is 0.231 e. The third-order valence-electron chi connectivity index (χ3n) is 5.87. The van der Waals surface area contributed by atoms with Crippen LogP contribution in [0, 0.1) is 6.57 Å². The molecule has 3 aromatic rings. The number of rotatable bonds is 8. The number of sulfonamides is 1. The third kappa shape index (κ3) is 5.49. The van der Waals surface area contributed by atoms with E-state index in [1.807, 2.05) is 0 Å². The number of halogens is 2. The molecule has 2 atom stereocenters. The van der Waals surface area contributed by atoms with Gasteiger partial charge in [-0.3, -0.25) is 0 Å². The maximum atomic E-state index is 14.9. The number of hydrogen-bond donors (Lipinski definition) is 2. The van der Waals surface area contributed by atoms with E-state index in [1.54, 1.807) is 24.4 Å². The second kappa shape index (κ2) is 10.9. The predicted molar refractivity (Wildman–Crippen MR) is 137 cm³/mol. The number of piperidine rings is 1. The van der Waals surface area contributed by atoms with Gasteiger partial charge in [-0.25, -0.2) is 32.3 Å². The molecular formula is C23H26ClFN8O2S. The molecule has 0 unspecified atom stereocenters. The number of nitrogens with zero attached hydrogens (tertiary/aromatic N) is 6. The maximum absolute atomic E-state index is 14.9. The minimum absolute atomic E-state index is 0.0900. The van der Waals surface area contributed by atoms with Crippen molar-refractivity contribution in [3.8, 4) is 16.9 Å². The molecule has 1 fully saturated rings. The lowest BCUT2D eigenvalue weighted by Gasteiger charge is -2.34. The fourth-order valence-electron chi connectivity index (χ4n) is 3.90. The zero-order valence-corrected chi connectivity index (χ0v) is 20.9. The topological polar surface area (TPSA) is 109 Å². The van der Waals surface area contributed by atoms with Gasteiger partial charge in [-0.2, -0.15) is 9.40 Å². The highest BCUT2D eigenvalue weighted by Crippen LogP contribution is 2.31. The number of benzene rings is 1. The van der Waals surface area contributed by atoms with Crippen LogP contribution in [0.25, 0.3) is 21.8 Å². The first-order valence-corrected chi connectivity index (χ1v) is 13.1. The Morgan fingerprint density at radius 3 is 2.92 bits per heavy atom. The Balaban J connectivity index is 1.52. The zero-order chi connectivity index (χ0) is 28.4. The highest BCUT2D eigenvalue weighted by Gasteiger charge is 2.34. The summed E-state index contributed by atoms with van der Waals surface area (Å²) in [5, 5.41) is 10.0. The highest BCUT2D eigenvalue weighted by atomic mass is 35.5. The van der Waals surface area contributed by atoms with Crippen LogP contribution < -0.4 is 10.6 Å². The van der Waals surface area contributed by atoms with Gasteiger partial charge in [0.1, 0.15) is 6.17 Å². The Morgan fingerprint density at radius 1 is 1.39 bits per heavy atom. The van der Waals surface area contributed by atoms with E-state index in [2.05, 4.69) is 30.5 Å². The minimum Gasteiger partial charge on any atom is -0.349 e. The van der Waals surface area contributed by atoms with Crippen molar-refractivity contribution in [2.24, 2.45) is 0 Å². The lowest BCUT2D eigenvalue weighted by molar-refractivity contribution is 0.186. The average molecular weight is 536 g/mol. The molecule has 2 aromatic heterocycles. The van der Waals surface area contributed by atoms with Crippen LogP contribution in [0.15, 0.2) is 36.8 Å². The summed E-state index contributed by atoms with van der Waals surface area (Å²) in [5.74, 6) is 0.0153. The van der Waals surface area contributed by atoms with Crippen LogP contribution in [-0.2, 0) is 16.6 Å². The minimum atomic E-state index is -3.48. The first-order chi connectivity index (χ1) is 18.4. The van der Waals surface area contributed by atoms with E-state index in [-0.39, 0.29) is 49.1 Å². The Morgan fingerprint density at radius 2 is 2.22 bits per heavy atom. The van der Waals surface area contributed by atoms with E-state index >= 15 is 0 Å². The van der Waals surface area contributed by atoms with Gasteiger partial charge in [0.25, 0.3) is 0 Å². The molecule has 0 saturated carbocycles. The Hall–Kier alpha value is -3.11. The number of nitrogens with one attached hydrogen (secondary N) is 2. The molecule has 1 aliphatic heterocycles. The summed E-state index contributed by atoms with van der Waals surface area (Å²) in [6.45, 7) is 6.80. The second-order valence-corrected chi connectivity index (χ2v) is 10.8. The number of alkyl halides is 1. The molecule has 10 nitrogen and oxygen atoms in total. The van der Waals surface area contributed by atoms with Crippen molar-refractivity contribution in [2.45, 2.75) is 32.1 Å². The molecule has 1 aromatic carbocycles. The van der Waals surface area contributed by atoms with Crippen LogP contribution in [0.3, 0.4) is 0 Å². The van der Waals surface area contributed by atoms with Gasteiger partial charge < -0.3 is 10.6 Å². The lowest BCUT2D eigenvalue weighted by atomic mass is 10.1. The van der Waals surface area contributed by atoms with Gasteiger partial charge in [-0.15, -0.1) is 0 Å². The molecule has 3 heterocycles. The Labute approximate surface area is 218 Å². The molecule has 0 aliphatic carbocycles. The quantitative estimate of drug-likeness (QED) is 0.425. The molecule has 0 amide bonds. The van der Waals surface area contributed by atoms with Crippen molar-refractivity contribution < 1.29 is 16.9 Å². The van der Waals surface area contributed by atoms with Crippen LogP contribution in [0.5, 0.6) is 0 Å². The smallest absolute Gasteiger partial charge is 0.231 e. The van der Waals surface area contributed by atoms with Crippen LogP contribution in [0.4, 0.5) is 16.0 Å². The first-order valence-electron chi connectivity index (χ1n) is 12.6. The molecule has 1 saturated heterocycles. The van der Waals surface area contributed by atoms with Gasteiger partial charge in [0.15, 0.2) is 0 Å². The van der Waals surface area contributed by atoms with Crippen LogP contribution in [-0.4, -0.2) is 70.5 Å². The van der Waals surface area contributed by atoms with Crippen LogP contribution >= 0.6 is 11.6 Å². The molecule has 36 heavy (non-hydrogen) atoms. The van der Waals surface area contributed by atoms with E-state index in [1.165, 1.54) is 24.0 Å². The zero-order valence-electron chi connectivity index (χ0n) is 22.3. The molecule has 190 valence electrons. The normalized spacial score (nSPS) is 20.2. The summed E-state index contributed by atoms with van der Waals surface area (Å²) in [6.07, 6.45) is 3.24. The van der Waals surface area contributed by atoms with Gasteiger partial charge in [0.2, 0.25) is 21.7 Å². The molecule has 4 rings (SSSR count). The Bertz CT molecular complexity index is 1500. The molecule has 0 spiro atoms. The second-order valence-electron chi connectivity index (χ2n) is 8.17. The summed E-state index contributed by atoms with van der Waals surface area (Å²) in [4.78, 5) is 12.1. The van der Waals surface area contributed by atoms with Gasteiger partial charge in [-0.1, -0.05) is 17.7 Å². The fraction of sp³-hybridized carbons (Fsp3) is 0.391. The Kier molecular flexibility index (Phi) is 6.68. The predicted octanol–water partition coefficient (Wildman–Crippen LogP) is 3.43. The van der Waals surface area contributed by atoms with Crippen molar-refractivity contribution in [3.63, 3.8) is 0 Å². The van der Waals surface area contributed by atoms with Gasteiger partial charge >= 0.3 is 0 Å². The summed E-state index contributed by atoms with van der Waals surface area (Å²) in [6, 6.07) is 4.37. The molecule has 2 N–H and O–H groups in total. The third-order valence-corrected chi connectivity index (χ3v) is 8.02. The van der Waals surface area contributed by atoms with Crippen molar-refractivity contribution >= 4 is 33.3 Å². The van der Waals surface area contributed by atoms with Gasteiger partial charge in [-0.05, 0) is 38.0 Å². The largest absolute Gasteiger partial charge is 0.349 e. The van der Waals surface area contributed by atoms with Crippen molar-refractivity contribution in [3.05, 3.63) is 58.8 Å². The van der Waals surface area contributed by atoms with E-state index < -0.39 is 29.2 Å². The summed E-state index contributed by atoms with van der Waals surface area (Å²) in [7, 11) is -3.48. The van der Waals surface area contributed by atoms with E-state index in [0.29, 0.717) is 21.8 Å². The van der Waals surface area contributed by atoms with Crippen LogP contribution in [0.1, 0.15) is 23.0 Å². The SMILES string of the molecule is [2H]C([2H])([2H])NCc1ccc(-n2cc(-c3nc(N[C@H]4CCN(S(=O)(=O)CC)C[C@H]4F)ncc3[N+]#[C-])cn2)c(Cl)c1. The number of aromatic nitrogens is 4. The highest BCUT2D eigenvalue weighted by molar-refractivity contribution is 7.89. The van der Waals surface area contributed by atoms with Crippen LogP contribution in [0.2, 0.25) is 5.02 Å². The monoisotopic (exact) mass is 535 g/mol. The number of anilines is 1. The van der Waals surface area contributed by atoms with E-state index in [0.717, 1.165) is 4.31 Å². The fourth-order valence-corrected chi connectivity index (χ4v) is 5.31. The summed E-state index contributed by atoms with van der Waals surface area (Å²) in [5.41, 5.74) is 2.16. The van der Waals surface area contributed by atoms with E-state index in [4.69, 9.17) is 22.3 Å². The standard InChI is InChI=1S/C23H26ClFN8O2S/c1-4-36(34,35)32-8-7-19(18(25)14-32)30-23-28-12-20(27-3)22(31-23)16-11-29-33(13-16)21-6-5-15(10-26-2)9-17(21)24/h5-6,9,11-13,18-19,26H,4,7-8,10,14H2,1-2H3,(H,28,30,31)/t18-,19+/m1/s1/i2D3. The molecule has 0 radical (unpaired) electrons. The number of hydrogen-bond acceptors (Lipinski definition) is 7. The van der Waals surface area contributed by atoms with Crippen molar-refractivity contribution in [1.29, 1.82) is 0 Å². The van der Waals surface area contributed by atoms with E-state index in [9.17, 15) is 12.8 Å². The average Bonchev–Trinajstić information content (AvgIpc) is 3.38. The molecule has 13 heteroatoms.